The normalized spacial score (nSPS) is 18.2. The topological polar surface area (TPSA) is 88.0 Å². The lowest BCUT2D eigenvalue weighted by Gasteiger charge is -2.36. The molecule has 0 unspecified atom stereocenters. The number of amides is 2. The van der Waals surface area contributed by atoms with Crippen LogP contribution in [0.1, 0.15) is 10.5 Å². The first kappa shape index (κ1) is 19.5. The Morgan fingerprint density at radius 2 is 1.62 bits per heavy atom. The second-order valence-electron chi connectivity index (χ2n) is 7.38. The summed E-state index contributed by atoms with van der Waals surface area (Å²) in [5.41, 5.74) is 0.0733. The first-order valence-electron chi connectivity index (χ1n) is 9.88. The van der Waals surface area contributed by atoms with Gasteiger partial charge >= 0.3 is 0 Å². The number of carbonyl (C=O) groups is 2. The molecule has 1 aromatic heterocycles. The Morgan fingerprint density at radius 1 is 0.966 bits per heavy atom. The molecule has 0 saturated carbocycles. The molecule has 2 aliphatic rings. The van der Waals surface area contributed by atoms with Gasteiger partial charge in [-0.25, -0.2) is 4.68 Å². The SMILES string of the molecule is Cn1nc(C(=O)N2CCN(CC(=O)N3CCOCC3)CC2)c2ccccc2c1=O. The summed E-state index contributed by atoms with van der Waals surface area (Å²) in [4.78, 5) is 43.5. The highest BCUT2D eigenvalue weighted by Gasteiger charge is 2.27. The molecular formula is C20H25N5O4. The highest BCUT2D eigenvalue weighted by atomic mass is 16.5. The van der Waals surface area contributed by atoms with Crippen molar-refractivity contribution in [2.24, 2.45) is 7.05 Å². The Hall–Kier alpha value is -2.78. The first-order chi connectivity index (χ1) is 14.0. The monoisotopic (exact) mass is 399 g/mol. The first-order valence-corrected chi connectivity index (χ1v) is 9.88. The van der Waals surface area contributed by atoms with E-state index in [1.165, 1.54) is 4.68 Å². The van der Waals surface area contributed by atoms with E-state index in [0.717, 1.165) is 0 Å². The number of piperazine rings is 1. The van der Waals surface area contributed by atoms with E-state index < -0.39 is 0 Å². The van der Waals surface area contributed by atoms with Crippen molar-refractivity contribution < 1.29 is 14.3 Å². The van der Waals surface area contributed by atoms with Gasteiger partial charge in [-0.1, -0.05) is 18.2 Å². The van der Waals surface area contributed by atoms with Crippen molar-refractivity contribution in [1.82, 2.24) is 24.5 Å². The zero-order chi connectivity index (χ0) is 20.4. The summed E-state index contributed by atoms with van der Waals surface area (Å²) in [5, 5.41) is 5.29. The van der Waals surface area contributed by atoms with Crippen molar-refractivity contribution >= 4 is 22.6 Å². The van der Waals surface area contributed by atoms with Crippen molar-refractivity contribution in [3.05, 3.63) is 40.3 Å². The van der Waals surface area contributed by atoms with Crippen molar-refractivity contribution in [1.29, 1.82) is 0 Å². The number of fused-ring (bicyclic) bond motifs is 1. The number of hydrogen-bond donors (Lipinski definition) is 0. The Morgan fingerprint density at radius 3 is 2.31 bits per heavy atom. The summed E-state index contributed by atoms with van der Waals surface area (Å²) in [6.07, 6.45) is 0. The fourth-order valence-electron chi connectivity index (χ4n) is 3.82. The van der Waals surface area contributed by atoms with E-state index in [4.69, 9.17) is 4.74 Å². The van der Waals surface area contributed by atoms with Crippen LogP contribution in [0, 0.1) is 0 Å². The van der Waals surface area contributed by atoms with E-state index in [0.29, 0.717) is 75.5 Å². The molecule has 0 N–H and O–H groups in total. The number of rotatable bonds is 3. The highest BCUT2D eigenvalue weighted by Crippen LogP contribution is 2.16. The van der Waals surface area contributed by atoms with E-state index in [1.54, 1.807) is 36.2 Å². The minimum atomic E-state index is -0.219. The highest BCUT2D eigenvalue weighted by molar-refractivity contribution is 6.04. The van der Waals surface area contributed by atoms with Gasteiger partial charge in [-0.05, 0) is 6.07 Å². The van der Waals surface area contributed by atoms with E-state index in [2.05, 4.69) is 10.00 Å². The smallest absolute Gasteiger partial charge is 0.275 e. The summed E-state index contributed by atoms with van der Waals surface area (Å²) in [5.74, 6) is -0.0743. The van der Waals surface area contributed by atoms with E-state index in [-0.39, 0.29) is 17.4 Å². The Kier molecular flexibility index (Phi) is 5.59. The van der Waals surface area contributed by atoms with Gasteiger partial charge in [0.05, 0.1) is 25.1 Å². The molecule has 29 heavy (non-hydrogen) atoms. The van der Waals surface area contributed by atoms with Crippen LogP contribution >= 0.6 is 0 Å². The molecule has 0 atom stereocenters. The molecule has 2 amide bonds. The Balaban J connectivity index is 1.42. The molecule has 9 nitrogen and oxygen atoms in total. The summed E-state index contributed by atoms with van der Waals surface area (Å²) in [7, 11) is 1.56. The summed E-state index contributed by atoms with van der Waals surface area (Å²) < 4.78 is 6.50. The number of morpholine rings is 1. The molecule has 0 aliphatic carbocycles. The molecule has 9 heteroatoms. The maximum absolute atomic E-state index is 13.1. The molecule has 3 heterocycles. The average Bonchev–Trinajstić information content (AvgIpc) is 2.77. The number of nitrogens with zero attached hydrogens (tertiary/aromatic N) is 5. The molecular weight excluding hydrogens is 374 g/mol. The molecule has 0 radical (unpaired) electrons. The third-order valence-electron chi connectivity index (χ3n) is 5.54. The van der Waals surface area contributed by atoms with E-state index >= 15 is 0 Å². The minimum Gasteiger partial charge on any atom is -0.378 e. The summed E-state index contributed by atoms with van der Waals surface area (Å²) >= 11 is 0. The minimum absolute atomic E-state index is 0.110. The molecule has 2 aliphatic heterocycles. The van der Waals surface area contributed by atoms with E-state index in [1.807, 2.05) is 4.90 Å². The quantitative estimate of drug-likeness (QED) is 0.695. The maximum Gasteiger partial charge on any atom is 0.275 e. The predicted octanol–water partition coefficient (Wildman–Crippen LogP) is -0.450. The van der Waals surface area contributed by atoms with Gasteiger partial charge in [-0.3, -0.25) is 19.3 Å². The van der Waals surface area contributed by atoms with Crippen LogP contribution in [0.2, 0.25) is 0 Å². The molecule has 0 bridgehead atoms. The van der Waals surface area contributed by atoms with Gasteiger partial charge in [0.15, 0.2) is 5.69 Å². The largest absolute Gasteiger partial charge is 0.378 e. The lowest BCUT2D eigenvalue weighted by molar-refractivity contribution is -0.136. The van der Waals surface area contributed by atoms with E-state index in [9.17, 15) is 14.4 Å². The number of hydrogen-bond acceptors (Lipinski definition) is 6. The molecule has 154 valence electrons. The van der Waals surface area contributed by atoms with Crippen LogP contribution < -0.4 is 5.56 Å². The zero-order valence-electron chi connectivity index (χ0n) is 16.5. The van der Waals surface area contributed by atoms with Crippen molar-refractivity contribution in [3.63, 3.8) is 0 Å². The number of carbonyl (C=O) groups excluding carboxylic acids is 2. The van der Waals surface area contributed by atoms with Crippen molar-refractivity contribution in [3.8, 4) is 0 Å². The molecule has 1 aromatic carbocycles. The van der Waals surface area contributed by atoms with Crippen LogP contribution in [0.3, 0.4) is 0 Å². The molecule has 2 saturated heterocycles. The third kappa shape index (κ3) is 4.01. The van der Waals surface area contributed by atoms with Gasteiger partial charge in [0.1, 0.15) is 0 Å². The van der Waals surface area contributed by atoms with Crippen LogP contribution in [0.4, 0.5) is 0 Å². The average molecular weight is 399 g/mol. The molecule has 2 fully saturated rings. The maximum atomic E-state index is 13.1. The van der Waals surface area contributed by atoms with Crippen molar-refractivity contribution in [2.75, 3.05) is 59.0 Å². The van der Waals surface area contributed by atoms with Gasteiger partial charge < -0.3 is 14.5 Å². The number of aromatic nitrogens is 2. The summed E-state index contributed by atoms with van der Waals surface area (Å²) in [6, 6.07) is 7.05. The van der Waals surface area contributed by atoms with Crippen LogP contribution in [-0.2, 0) is 16.6 Å². The number of aryl methyl sites for hydroxylation is 1. The Labute approximate surface area is 168 Å². The van der Waals surface area contributed by atoms with Crippen LogP contribution in [-0.4, -0.2) is 95.3 Å². The van der Waals surface area contributed by atoms with Gasteiger partial charge in [0.2, 0.25) is 5.91 Å². The molecule has 0 spiro atoms. The van der Waals surface area contributed by atoms with Crippen LogP contribution in [0.5, 0.6) is 0 Å². The third-order valence-corrected chi connectivity index (χ3v) is 5.54. The number of benzene rings is 1. The van der Waals surface area contributed by atoms with Gasteiger partial charge in [-0.2, -0.15) is 5.10 Å². The molecule has 4 rings (SSSR count). The predicted molar refractivity (Wildman–Crippen MR) is 107 cm³/mol. The van der Waals surface area contributed by atoms with Crippen LogP contribution in [0.15, 0.2) is 29.1 Å². The number of ether oxygens (including phenoxy) is 1. The Bertz CT molecular complexity index is 974. The second-order valence-corrected chi connectivity index (χ2v) is 7.38. The lowest BCUT2D eigenvalue weighted by atomic mass is 10.1. The van der Waals surface area contributed by atoms with Gasteiger partial charge in [0, 0.05) is 51.7 Å². The van der Waals surface area contributed by atoms with Gasteiger partial charge in [0.25, 0.3) is 11.5 Å². The van der Waals surface area contributed by atoms with Crippen LogP contribution in [0.25, 0.3) is 10.8 Å². The van der Waals surface area contributed by atoms with Gasteiger partial charge in [-0.15, -0.1) is 0 Å². The summed E-state index contributed by atoms with van der Waals surface area (Å²) in [6.45, 7) is 5.14. The molecule has 2 aromatic rings. The fraction of sp³-hybridized carbons (Fsp3) is 0.500. The van der Waals surface area contributed by atoms with Crippen molar-refractivity contribution in [2.45, 2.75) is 0 Å². The lowest BCUT2D eigenvalue weighted by Crippen LogP contribution is -2.52. The standard InChI is InChI=1S/C20H25N5O4/c1-22-19(27)16-5-3-2-4-15(16)18(21-22)20(28)25-8-6-23(7-9-25)14-17(26)24-10-12-29-13-11-24/h2-5H,6-14H2,1H3. The second kappa shape index (κ2) is 8.30. The fourth-order valence-corrected chi connectivity index (χ4v) is 3.82. The zero-order valence-corrected chi connectivity index (χ0v) is 16.5.